The number of Topliss-reactive ketones (excluding diaryl/α,β-unsaturated/α-hetero) is 1. The molecule has 4 nitrogen and oxygen atoms in total. The molecular formula is C14H18O4. The van der Waals surface area contributed by atoms with Gasteiger partial charge in [0.05, 0.1) is 18.8 Å². The van der Waals surface area contributed by atoms with Crippen LogP contribution in [0.4, 0.5) is 0 Å². The highest BCUT2D eigenvalue weighted by Gasteiger charge is 2.12. The third-order valence-corrected chi connectivity index (χ3v) is 2.32. The SMILES string of the molecule is CCOC(=O)c1ccc(CC(C)=O)c(OCC)c1. The zero-order valence-electron chi connectivity index (χ0n) is 11.0. The van der Waals surface area contributed by atoms with Gasteiger partial charge in [-0.25, -0.2) is 4.79 Å². The number of carbonyl (C=O) groups excluding carboxylic acids is 2. The molecule has 4 heteroatoms. The van der Waals surface area contributed by atoms with E-state index in [0.717, 1.165) is 5.56 Å². The maximum atomic E-state index is 11.6. The summed E-state index contributed by atoms with van der Waals surface area (Å²) in [6.45, 7) is 5.95. The average molecular weight is 250 g/mol. The van der Waals surface area contributed by atoms with Crippen molar-refractivity contribution >= 4 is 11.8 Å². The van der Waals surface area contributed by atoms with Crippen LogP contribution >= 0.6 is 0 Å². The molecule has 0 aliphatic heterocycles. The lowest BCUT2D eigenvalue weighted by molar-refractivity contribution is -0.116. The third kappa shape index (κ3) is 3.87. The van der Waals surface area contributed by atoms with Gasteiger partial charge in [-0.2, -0.15) is 0 Å². The summed E-state index contributed by atoms with van der Waals surface area (Å²) in [6.07, 6.45) is 0.304. The zero-order valence-corrected chi connectivity index (χ0v) is 11.0. The van der Waals surface area contributed by atoms with Gasteiger partial charge in [0.25, 0.3) is 0 Å². The molecule has 0 saturated heterocycles. The van der Waals surface area contributed by atoms with E-state index in [1.807, 2.05) is 6.92 Å². The molecule has 0 aliphatic rings. The normalized spacial score (nSPS) is 9.94. The zero-order chi connectivity index (χ0) is 13.5. The fourth-order valence-electron chi connectivity index (χ4n) is 1.60. The molecule has 0 bridgehead atoms. The summed E-state index contributed by atoms with van der Waals surface area (Å²) < 4.78 is 10.4. The molecule has 0 unspecified atom stereocenters. The Morgan fingerprint density at radius 2 is 1.89 bits per heavy atom. The quantitative estimate of drug-likeness (QED) is 0.727. The van der Waals surface area contributed by atoms with Gasteiger partial charge in [-0.05, 0) is 32.9 Å². The van der Waals surface area contributed by atoms with Crippen LogP contribution in [0.2, 0.25) is 0 Å². The lowest BCUT2D eigenvalue weighted by Crippen LogP contribution is -2.07. The van der Waals surface area contributed by atoms with Gasteiger partial charge in [0, 0.05) is 12.0 Å². The first-order valence-corrected chi connectivity index (χ1v) is 6.00. The number of esters is 1. The van der Waals surface area contributed by atoms with Crippen LogP contribution in [0.25, 0.3) is 0 Å². The first kappa shape index (κ1) is 14.2. The van der Waals surface area contributed by atoms with Crippen molar-refractivity contribution < 1.29 is 19.1 Å². The second-order valence-corrected chi connectivity index (χ2v) is 3.85. The van der Waals surface area contributed by atoms with Crippen LogP contribution in [-0.2, 0) is 16.0 Å². The van der Waals surface area contributed by atoms with Crippen molar-refractivity contribution in [1.82, 2.24) is 0 Å². The number of ether oxygens (including phenoxy) is 2. The monoisotopic (exact) mass is 250 g/mol. The lowest BCUT2D eigenvalue weighted by Gasteiger charge is -2.11. The number of hydrogen-bond donors (Lipinski definition) is 0. The second kappa shape index (κ2) is 6.79. The van der Waals surface area contributed by atoms with E-state index >= 15 is 0 Å². The molecule has 98 valence electrons. The maximum absolute atomic E-state index is 11.6. The average Bonchev–Trinajstić information content (AvgIpc) is 2.31. The van der Waals surface area contributed by atoms with Crippen molar-refractivity contribution in [2.75, 3.05) is 13.2 Å². The molecule has 0 fully saturated rings. The van der Waals surface area contributed by atoms with Crippen molar-refractivity contribution in [2.45, 2.75) is 27.2 Å². The standard InChI is InChI=1S/C14H18O4/c1-4-17-13-9-12(14(16)18-5-2)7-6-11(13)8-10(3)15/h6-7,9H,4-5,8H2,1-3H3. The summed E-state index contributed by atoms with van der Waals surface area (Å²) in [5, 5.41) is 0. The summed E-state index contributed by atoms with van der Waals surface area (Å²) in [7, 11) is 0. The van der Waals surface area contributed by atoms with Crippen molar-refractivity contribution in [3.63, 3.8) is 0 Å². The number of ketones is 1. The van der Waals surface area contributed by atoms with Crippen molar-refractivity contribution in [2.24, 2.45) is 0 Å². The highest BCUT2D eigenvalue weighted by Crippen LogP contribution is 2.22. The van der Waals surface area contributed by atoms with Crippen LogP contribution in [0, 0.1) is 0 Å². The van der Waals surface area contributed by atoms with Gasteiger partial charge in [-0.3, -0.25) is 4.79 Å². The third-order valence-electron chi connectivity index (χ3n) is 2.32. The Kier molecular flexibility index (Phi) is 5.36. The fourth-order valence-corrected chi connectivity index (χ4v) is 1.60. The molecule has 0 aromatic heterocycles. The Morgan fingerprint density at radius 1 is 1.17 bits per heavy atom. The Labute approximate surface area is 107 Å². The predicted octanol–water partition coefficient (Wildman–Crippen LogP) is 2.39. The number of benzene rings is 1. The molecule has 0 heterocycles. The highest BCUT2D eigenvalue weighted by atomic mass is 16.5. The lowest BCUT2D eigenvalue weighted by atomic mass is 10.1. The van der Waals surface area contributed by atoms with Gasteiger partial charge in [-0.1, -0.05) is 6.07 Å². The first-order chi connectivity index (χ1) is 8.58. The van der Waals surface area contributed by atoms with E-state index in [1.165, 1.54) is 6.92 Å². The summed E-state index contributed by atoms with van der Waals surface area (Å²) in [6, 6.07) is 5.01. The van der Waals surface area contributed by atoms with Crippen LogP contribution in [0.1, 0.15) is 36.7 Å². The Bertz CT molecular complexity index is 437. The van der Waals surface area contributed by atoms with E-state index in [0.29, 0.717) is 30.9 Å². The molecule has 18 heavy (non-hydrogen) atoms. The molecule has 1 aromatic carbocycles. The van der Waals surface area contributed by atoms with Crippen molar-refractivity contribution in [3.05, 3.63) is 29.3 Å². The van der Waals surface area contributed by atoms with Gasteiger partial charge in [0.1, 0.15) is 11.5 Å². The van der Waals surface area contributed by atoms with Crippen LogP contribution in [0.5, 0.6) is 5.75 Å². The molecule has 0 spiro atoms. The van der Waals surface area contributed by atoms with Crippen LogP contribution in [-0.4, -0.2) is 25.0 Å². The van der Waals surface area contributed by atoms with Crippen LogP contribution < -0.4 is 4.74 Å². The van der Waals surface area contributed by atoms with Gasteiger partial charge < -0.3 is 9.47 Å². The minimum Gasteiger partial charge on any atom is -0.494 e. The van der Waals surface area contributed by atoms with E-state index < -0.39 is 0 Å². The number of hydrogen-bond acceptors (Lipinski definition) is 4. The topological polar surface area (TPSA) is 52.6 Å². The summed E-state index contributed by atoms with van der Waals surface area (Å²) in [5.74, 6) is 0.242. The van der Waals surface area contributed by atoms with Crippen LogP contribution in [0.3, 0.4) is 0 Å². The fraction of sp³-hybridized carbons (Fsp3) is 0.429. The van der Waals surface area contributed by atoms with Gasteiger partial charge in [-0.15, -0.1) is 0 Å². The molecule has 1 rings (SSSR count). The molecule has 0 saturated carbocycles. The summed E-state index contributed by atoms with van der Waals surface area (Å²) in [5.41, 5.74) is 1.23. The highest BCUT2D eigenvalue weighted by molar-refractivity contribution is 5.90. The molecule has 0 atom stereocenters. The minimum atomic E-state index is -0.382. The Morgan fingerprint density at radius 3 is 2.44 bits per heavy atom. The van der Waals surface area contributed by atoms with E-state index in [2.05, 4.69) is 0 Å². The van der Waals surface area contributed by atoms with Crippen molar-refractivity contribution in [3.8, 4) is 5.75 Å². The second-order valence-electron chi connectivity index (χ2n) is 3.85. The summed E-state index contributed by atoms with van der Waals surface area (Å²) in [4.78, 5) is 22.7. The van der Waals surface area contributed by atoms with Gasteiger partial charge in [0.15, 0.2) is 0 Å². The van der Waals surface area contributed by atoms with E-state index in [1.54, 1.807) is 25.1 Å². The number of carbonyl (C=O) groups is 2. The molecule has 0 radical (unpaired) electrons. The molecular weight excluding hydrogens is 232 g/mol. The van der Waals surface area contributed by atoms with Crippen LogP contribution in [0.15, 0.2) is 18.2 Å². The maximum Gasteiger partial charge on any atom is 0.338 e. The van der Waals surface area contributed by atoms with Gasteiger partial charge >= 0.3 is 5.97 Å². The van der Waals surface area contributed by atoms with Crippen molar-refractivity contribution in [1.29, 1.82) is 0 Å². The summed E-state index contributed by atoms with van der Waals surface area (Å²) >= 11 is 0. The predicted molar refractivity (Wildman–Crippen MR) is 68.0 cm³/mol. The first-order valence-electron chi connectivity index (χ1n) is 6.00. The largest absolute Gasteiger partial charge is 0.494 e. The molecule has 0 N–H and O–H groups in total. The van der Waals surface area contributed by atoms with Gasteiger partial charge in [0.2, 0.25) is 0 Å². The van der Waals surface area contributed by atoms with E-state index in [9.17, 15) is 9.59 Å². The minimum absolute atomic E-state index is 0.0554. The number of rotatable bonds is 6. The molecule has 0 amide bonds. The Hall–Kier alpha value is -1.84. The van der Waals surface area contributed by atoms with E-state index in [-0.39, 0.29) is 11.8 Å². The Balaban J connectivity index is 3.02. The van der Waals surface area contributed by atoms with E-state index in [4.69, 9.17) is 9.47 Å². The smallest absolute Gasteiger partial charge is 0.338 e. The molecule has 1 aromatic rings. The molecule has 0 aliphatic carbocycles.